The fraction of sp³-hybridized carbons (Fsp3) is 0.583. The van der Waals surface area contributed by atoms with Crippen molar-refractivity contribution in [1.29, 1.82) is 0 Å². The van der Waals surface area contributed by atoms with Gasteiger partial charge >= 0.3 is 12.0 Å². The van der Waals surface area contributed by atoms with Crippen molar-refractivity contribution in [2.24, 2.45) is 5.92 Å². The quantitative estimate of drug-likeness (QED) is 0.847. The van der Waals surface area contributed by atoms with Crippen LogP contribution in [0.5, 0.6) is 0 Å². The lowest BCUT2D eigenvalue weighted by Gasteiger charge is -2.16. The molecule has 2 N–H and O–H groups in total. The standard InChI is InChI=1S/C12H17N5O3/c1-7-8(2)15-16-11(13-7)14-12(20)17-4-3-9(6-17)5-10(18)19/h9H,3-6H2,1-2H3,(H,18,19)(H,13,14,16,20). The lowest BCUT2D eigenvalue weighted by Crippen LogP contribution is -2.34. The van der Waals surface area contributed by atoms with Crippen LogP contribution < -0.4 is 5.32 Å². The second-order valence-corrected chi connectivity index (χ2v) is 4.93. The molecule has 2 amide bonds. The van der Waals surface area contributed by atoms with E-state index in [4.69, 9.17) is 5.11 Å². The van der Waals surface area contributed by atoms with Gasteiger partial charge in [0.1, 0.15) is 0 Å². The molecule has 0 spiro atoms. The molecule has 2 rings (SSSR count). The molecule has 2 heterocycles. The Kier molecular flexibility index (Phi) is 4.11. The van der Waals surface area contributed by atoms with E-state index in [1.165, 1.54) is 0 Å². The van der Waals surface area contributed by atoms with Crippen LogP contribution in [-0.2, 0) is 4.79 Å². The van der Waals surface area contributed by atoms with Gasteiger partial charge in [-0.15, -0.1) is 5.10 Å². The topological polar surface area (TPSA) is 108 Å². The zero-order chi connectivity index (χ0) is 14.7. The number of hydrogen-bond acceptors (Lipinski definition) is 5. The Labute approximate surface area is 116 Å². The fourth-order valence-corrected chi connectivity index (χ4v) is 2.12. The molecule has 1 unspecified atom stereocenters. The molecule has 0 aliphatic carbocycles. The normalized spacial score (nSPS) is 18.1. The van der Waals surface area contributed by atoms with Gasteiger partial charge in [0.25, 0.3) is 5.95 Å². The minimum absolute atomic E-state index is 0.0112. The zero-order valence-electron chi connectivity index (χ0n) is 11.5. The molecule has 0 radical (unpaired) electrons. The number of carbonyl (C=O) groups excluding carboxylic acids is 1. The van der Waals surface area contributed by atoms with Crippen LogP contribution in [0.15, 0.2) is 0 Å². The molecule has 1 saturated heterocycles. The number of urea groups is 1. The minimum atomic E-state index is -0.834. The van der Waals surface area contributed by atoms with Crippen LogP contribution >= 0.6 is 0 Å². The van der Waals surface area contributed by atoms with Crippen LogP contribution in [0.2, 0.25) is 0 Å². The van der Waals surface area contributed by atoms with Crippen molar-refractivity contribution in [1.82, 2.24) is 20.1 Å². The van der Waals surface area contributed by atoms with E-state index in [0.717, 1.165) is 0 Å². The highest BCUT2D eigenvalue weighted by molar-refractivity contribution is 5.87. The first kappa shape index (κ1) is 14.2. The number of rotatable bonds is 3. The van der Waals surface area contributed by atoms with E-state index in [0.29, 0.717) is 30.9 Å². The second kappa shape index (κ2) is 5.81. The van der Waals surface area contributed by atoms with E-state index in [2.05, 4.69) is 20.5 Å². The number of nitrogens with zero attached hydrogens (tertiary/aromatic N) is 4. The van der Waals surface area contributed by atoms with Crippen molar-refractivity contribution in [2.45, 2.75) is 26.7 Å². The molecule has 0 saturated carbocycles. The molecule has 1 atom stereocenters. The number of carboxylic acid groups (broad SMARTS) is 1. The zero-order valence-corrected chi connectivity index (χ0v) is 11.5. The number of likely N-dealkylation sites (tertiary alicyclic amines) is 1. The van der Waals surface area contributed by atoms with Gasteiger partial charge in [-0.3, -0.25) is 10.1 Å². The molecule has 1 aliphatic rings. The summed E-state index contributed by atoms with van der Waals surface area (Å²) < 4.78 is 0. The summed E-state index contributed by atoms with van der Waals surface area (Å²) in [4.78, 5) is 28.3. The second-order valence-electron chi connectivity index (χ2n) is 4.93. The van der Waals surface area contributed by atoms with Crippen molar-refractivity contribution in [3.63, 3.8) is 0 Å². The summed E-state index contributed by atoms with van der Waals surface area (Å²) in [5.41, 5.74) is 1.42. The van der Waals surface area contributed by atoms with Crippen LogP contribution in [0.3, 0.4) is 0 Å². The predicted molar refractivity (Wildman–Crippen MR) is 70.3 cm³/mol. The summed E-state index contributed by atoms with van der Waals surface area (Å²) in [7, 11) is 0. The third-order valence-electron chi connectivity index (χ3n) is 3.35. The van der Waals surface area contributed by atoms with Crippen molar-refractivity contribution in [3.8, 4) is 0 Å². The highest BCUT2D eigenvalue weighted by atomic mass is 16.4. The Morgan fingerprint density at radius 3 is 2.75 bits per heavy atom. The number of aliphatic carboxylic acids is 1. The molecule has 0 aromatic carbocycles. The SMILES string of the molecule is Cc1nnc(NC(=O)N2CCC(CC(=O)O)C2)nc1C. The number of aromatic nitrogens is 3. The summed E-state index contributed by atoms with van der Waals surface area (Å²) >= 11 is 0. The van der Waals surface area contributed by atoms with E-state index in [-0.39, 0.29) is 24.3 Å². The van der Waals surface area contributed by atoms with Crippen molar-refractivity contribution >= 4 is 17.9 Å². The van der Waals surface area contributed by atoms with Crippen LogP contribution in [0.4, 0.5) is 10.7 Å². The molecule has 108 valence electrons. The summed E-state index contributed by atoms with van der Waals surface area (Å²) in [6.45, 7) is 4.56. The highest BCUT2D eigenvalue weighted by Crippen LogP contribution is 2.20. The number of hydrogen-bond donors (Lipinski definition) is 2. The van der Waals surface area contributed by atoms with E-state index in [1.807, 2.05) is 0 Å². The van der Waals surface area contributed by atoms with Gasteiger partial charge in [-0.05, 0) is 26.2 Å². The van der Waals surface area contributed by atoms with E-state index < -0.39 is 5.97 Å². The lowest BCUT2D eigenvalue weighted by atomic mass is 10.1. The van der Waals surface area contributed by atoms with Crippen molar-refractivity contribution < 1.29 is 14.7 Å². The molecule has 1 fully saturated rings. The van der Waals surface area contributed by atoms with E-state index >= 15 is 0 Å². The van der Waals surface area contributed by atoms with Gasteiger partial charge < -0.3 is 10.0 Å². The predicted octanol–water partition coefficient (Wildman–Crippen LogP) is 0.817. The first-order valence-electron chi connectivity index (χ1n) is 6.41. The number of amides is 2. The van der Waals surface area contributed by atoms with Crippen LogP contribution in [-0.4, -0.2) is 50.3 Å². The molecular formula is C12H17N5O3. The molecule has 1 aromatic heterocycles. The largest absolute Gasteiger partial charge is 0.481 e. The molecule has 20 heavy (non-hydrogen) atoms. The summed E-state index contributed by atoms with van der Waals surface area (Å²) in [5, 5.41) is 19.0. The first-order valence-corrected chi connectivity index (χ1v) is 6.41. The monoisotopic (exact) mass is 279 g/mol. The maximum absolute atomic E-state index is 12.0. The summed E-state index contributed by atoms with van der Waals surface area (Å²) in [6.07, 6.45) is 0.789. The van der Waals surface area contributed by atoms with Gasteiger partial charge in [0.05, 0.1) is 11.4 Å². The molecule has 1 aliphatic heterocycles. The van der Waals surface area contributed by atoms with Gasteiger partial charge in [-0.1, -0.05) is 0 Å². The Morgan fingerprint density at radius 2 is 2.10 bits per heavy atom. The first-order chi connectivity index (χ1) is 9.45. The van der Waals surface area contributed by atoms with E-state index in [1.54, 1.807) is 18.7 Å². The smallest absolute Gasteiger partial charge is 0.324 e. The lowest BCUT2D eigenvalue weighted by molar-refractivity contribution is -0.138. The van der Waals surface area contributed by atoms with Crippen LogP contribution in [0.25, 0.3) is 0 Å². The van der Waals surface area contributed by atoms with Gasteiger partial charge in [0.15, 0.2) is 0 Å². The van der Waals surface area contributed by atoms with Gasteiger partial charge in [0.2, 0.25) is 0 Å². The Hall–Kier alpha value is -2.25. The van der Waals surface area contributed by atoms with Crippen LogP contribution in [0.1, 0.15) is 24.2 Å². The average Bonchev–Trinajstić information content (AvgIpc) is 2.81. The Balaban J connectivity index is 1.92. The third-order valence-corrected chi connectivity index (χ3v) is 3.35. The van der Waals surface area contributed by atoms with Crippen molar-refractivity contribution in [3.05, 3.63) is 11.4 Å². The van der Waals surface area contributed by atoms with E-state index in [9.17, 15) is 9.59 Å². The molecule has 0 bridgehead atoms. The number of aryl methyl sites for hydroxylation is 2. The number of carboxylic acids is 1. The van der Waals surface area contributed by atoms with Crippen molar-refractivity contribution in [2.75, 3.05) is 18.4 Å². The van der Waals surface area contributed by atoms with Gasteiger partial charge in [0, 0.05) is 19.5 Å². The summed E-state index contributed by atoms with van der Waals surface area (Å²) in [6, 6.07) is -0.317. The molecular weight excluding hydrogens is 262 g/mol. The summed E-state index contributed by atoms with van der Waals surface area (Å²) in [5.74, 6) is -0.657. The van der Waals surface area contributed by atoms with Gasteiger partial charge in [-0.25, -0.2) is 9.78 Å². The maximum Gasteiger partial charge on any atom is 0.324 e. The third kappa shape index (κ3) is 3.40. The highest BCUT2D eigenvalue weighted by Gasteiger charge is 2.28. The number of anilines is 1. The van der Waals surface area contributed by atoms with Crippen LogP contribution in [0, 0.1) is 19.8 Å². The van der Waals surface area contributed by atoms with Gasteiger partial charge in [-0.2, -0.15) is 5.10 Å². The average molecular weight is 279 g/mol. The maximum atomic E-state index is 12.0. The molecule has 8 heteroatoms. The Morgan fingerprint density at radius 1 is 1.35 bits per heavy atom. The Bertz CT molecular complexity index is 534. The molecule has 1 aromatic rings. The minimum Gasteiger partial charge on any atom is -0.481 e. The number of carbonyl (C=O) groups is 2. The molecule has 8 nitrogen and oxygen atoms in total. The number of nitrogens with one attached hydrogen (secondary N) is 1. The fourth-order valence-electron chi connectivity index (χ4n) is 2.12.